The Morgan fingerprint density at radius 2 is 1.93 bits per heavy atom. The van der Waals surface area contributed by atoms with Crippen LogP contribution in [0.3, 0.4) is 0 Å². The molecule has 3 rings (SSSR count). The summed E-state index contributed by atoms with van der Waals surface area (Å²) in [4.78, 5) is 0. The molecule has 0 aliphatic heterocycles. The van der Waals surface area contributed by atoms with Gasteiger partial charge in [0, 0.05) is 6.61 Å². The van der Waals surface area contributed by atoms with Gasteiger partial charge in [0.25, 0.3) is 0 Å². The third kappa shape index (κ3) is 1.25. The molecule has 0 saturated heterocycles. The number of aliphatic hydroxyl groups excluding tert-OH is 1. The largest absolute Gasteiger partial charge is 0.396 e. The highest BCUT2D eigenvalue weighted by Crippen LogP contribution is 2.64. The number of aliphatic hydroxyl groups is 1. The van der Waals surface area contributed by atoms with Gasteiger partial charge in [0.15, 0.2) is 0 Å². The normalized spacial score (nSPS) is 40.5. The predicted octanol–water partition coefficient (Wildman–Crippen LogP) is 3.08. The van der Waals surface area contributed by atoms with Gasteiger partial charge in [-0.15, -0.1) is 0 Å². The molecule has 0 amide bonds. The summed E-state index contributed by atoms with van der Waals surface area (Å²) in [6.07, 6.45) is 4.14. The van der Waals surface area contributed by atoms with Gasteiger partial charge in [-0.1, -0.05) is 27.7 Å². The van der Waals surface area contributed by atoms with E-state index in [1.165, 1.54) is 19.3 Å². The van der Waals surface area contributed by atoms with Gasteiger partial charge in [0.05, 0.1) is 0 Å². The van der Waals surface area contributed by atoms with Crippen LogP contribution in [0.4, 0.5) is 0 Å². The van der Waals surface area contributed by atoms with E-state index in [0.717, 1.165) is 17.8 Å². The summed E-state index contributed by atoms with van der Waals surface area (Å²) >= 11 is 0. The number of hydrogen-bond donors (Lipinski definition) is 1. The van der Waals surface area contributed by atoms with Crippen LogP contribution in [-0.2, 0) is 0 Å². The first-order valence-electron chi connectivity index (χ1n) is 6.00. The van der Waals surface area contributed by atoms with E-state index >= 15 is 0 Å². The van der Waals surface area contributed by atoms with Gasteiger partial charge in [0.2, 0.25) is 0 Å². The molecule has 3 unspecified atom stereocenters. The zero-order valence-corrected chi connectivity index (χ0v) is 10.0. The Kier molecular flexibility index (Phi) is 2.23. The molecule has 3 atom stereocenters. The molecule has 1 heteroatoms. The second-order valence-electron chi connectivity index (χ2n) is 6.69. The first kappa shape index (κ1) is 10.5. The van der Waals surface area contributed by atoms with Crippen molar-refractivity contribution < 1.29 is 5.11 Å². The highest BCUT2D eigenvalue weighted by atomic mass is 16.3. The van der Waals surface area contributed by atoms with Crippen LogP contribution in [0.1, 0.15) is 47.0 Å². The van der Waals surface area contributed by atoms with Crippen molar-refractivity contribution in [1.29, 1.82) is 0 Å². The topological polar surface area (TPSA) is 20.2 Å². The molecule has 0 heterocycles. The molecule has 0 aromatic rings. The zero-order valence-electron chi connectivity index (χ0n) is 10.0. The van der Waals surface area contributed by atoms with E-state index in [0.29, 0.717) is 12.0 Å². The van der Waals surface area contributed by atoms with Crippen LogP contribution in [0.15, 0.2) is 0 Å². The third-order valence-corrected chi connectivity index (χ3v) is 5.27. The van der Waals surface area contributed by atoms with Crippen LogP contribution in [-0.4, -0.2) is 11.7 Å². The summed E-state index contributed by atoms with van der Waals surface area (Å²) in [5.74, 6) is 2.58. The van der Waals surface area contributed by atoms with Crippen LogP contribution in [0, 0.1) is 28.6 Å². The zero-order chi connectivity index (χ0) is 10.6. The lowest BCUT2D eigenvalue weighted by molar-refractivity contribution is -0.145. The van der Waals surface area contributed by atoms with Crippen LogP contribution < -0.4 is 0 Å². The minimum absolute atomic E-state index is 0.132. The molecule has 82 valence electrons. The molecule has 0 aromatic heterocycles. The lowest BCUT2D eigenvalue weighted by atomic mass is 9.42. The first-order chi connectivity index (χ1) is 6.39. The molecular weight excluding hydrogens is 172 g/mol. The summed E-state index contributed by atoms with van der Waals surface area (Å²) in [6.45, 7) is 9.64. The Morgan fingerprint density at radius 3 is 2.36 bits per heavy atom. The maximum atomic E-state index is 9.45. The second kappa shape index (κ2) is 2.98. The highest BCUT2D eigenvalue weighted by Gasteiger charge is 2.56. The van der Waals surface area contributed by atoms with Gasteiger partial charge in [0.1, 0.15) is 0 Å². The lowest BCUT2D eigenvalue weighted by Crippen LogP contribution is -2.56. The maximum absolute atomic E-state index is 9.45. The predicted molar refractivity (Wildman–Crippen MR) is 59.0 cm³/mol. The fourth-order valence-corrected chi connectivity index (χ4v) is 3.86. The maximum Gasteiger partial charge on any atom is 0.0484 e. The number of rotatable bonds is 2. The summed E-state index contributed by atoms with van der Waals surface area (Å²) in [5, 5.41) is 9.45. The van der Waals surface area contributed by atoms with Crippen molar-refractivity contribution in [1.82, 2.24) is 0 Å². The molecule has 0 radical (unpaired) electrons. The van der Waals surface area contributed by atoms with E-state index < -0.39 is 0 Å². The molecule has 14 heavy (non-hydrogen) atoms. The van der Waals surface area contributed by atoms with Crippen LogP contribution in [0.5, 0.6) is 0 Å². The van der Waals surface area contributed by atoms with E-state index in [-0.39, 0.29) is 5.41 Å². The minimum atomic E-state index is 0.132. The van der Waals surface area contributed by atoms with E-state index in [4.69, 9.17) is 0 Å². The van der Waals surface area contributed by atoms with Gasteiger partial charge in [-0.3, -0.25) is 0 Å². The number of hydrogen-bond acceptors (Lipinski definition) is 1. The summed E-state index contributed by atoms with van der Waals surface area (Å²) in [6, 6.07) is 0. The highest BCUT2D eigenvalue weighted by molar-refractivity contribution is 5.06. The Morgan fingerprint density at radius 1 is 1.29 bits per heavy atom. The van der Waals surface area contributed by atoms with Crippen molar-refractivity contribution >= 4 is 0 Å². The summed E-state index contributed by atoms with van der Waals surface area (Å²) in [7, 11) is 0. The van der Waals surface area contributed by atoms with Gasteiger partial charge >= 0.3 is 0 Å². The molecular formula is C13H24O. The first-order valence-corrected chi connectivity index (χ1v) is 6.00. The summed E-state index contributed by atoms with van der Waals surface area (Å²) < 4.78 is 0. The Balaban J connectivity index is 2.15. The van der Waals surface area contributed by atoms with Gasteiger partial charge in [-0.05, 0) is 47.8 Å². The van der Waals surface area contributed by atoms with Gasteiger partial charge in [-0.25, -0.2) is 0 Å². The smallest absolute Gasteiger partial charge is 0.0484 e. The van der Waals surface area contributed by atoms with Crippen molar-refractivity contribution in [2.45, 2.75) is 47.0 Å². The van der Waals surface area contributed by atoms with E-state index in [9.17, 15) is 5.11 Å². The molecule has 1 N–H and O–H groups in total. The quantitative estimate of drug-likeness (QED) is 0.719. The van der Waals surface area contributed by atoms with Gasteiger partial charge < -0.3 is 5.11 Å². The third-order valence-electron chi connectivity index (χ3n) is 5.27. The molecule has 1 nitrogen and oxygen atoms in total. The average Bonchev–Trinajstić information content (AvgIpc) is 2.17. The van der Waals surface area contributed by atoms with Crippen molar-refractivity contribution in [2.75, 3.05) is 6.61 Å². The number of fused-ring (bicyclic) bond motifs is 2. The van der Waals surface area contributed by atoms with Crippen LogP contribution in [0.2, 0.25) is 0 Å². The van der Waals surface area contributed by atoms with E-state index in [1.54, 1.807) is 0 Å². The molecule has 3 aliphatic rings. The lowest BCUT2D eigenvalue weighted by Gasteiger charge is -2.63. The van der Waals surface area contributed by atoms with Gasteiger partial charge in [-0.2, -0.15) is 0 Å². The van der Waals surface area contributed by atoms with E-state index in [1.807, 2.05) is 0 Å². The Labute approximate surface area is 87.9 Å². The fourth-order valence-electron chi connectivity index (χ4n) is 3.86. The van der Waals surface area contributed by atoms with Crippen molar-refractivity contribution in [3.63, 3.8) is 0 Å². The molecule has 2 bridgehead atoms. The SMILES string of the molecule is CC(C)(CO)C1CCC2CC1C2(C)C. The molecule has 3 fully saturated rings. The van der Waals surface area contributed by atoms with E-state index in [2.05, 4.69) is 27.7 Å². The van der Waals surface area contributed by atoms with Crippen LogP contribution >= 0.6 is 0 Å². The van der Waals surface area contributed by atoms with Crippen LogP contribution in [0.25, 0.3) is 0 Å². The second-order valence-corrected chi connectivity index (χ2v) is 6.69. The van der Waals surface area contributed by atoms with Crippen molar-refractivity contribution in [3.8, 4) is 0 Å². The fraction of sp³-hybridized carbons (Fsp3) is 1.00. The summed E-state index contributed by atoms with van der Waals surface area (Å²) in [5.41, 5.74) is 0.683. The molecule has 0 spiro atoms. The average molecular weight is 196 g/mol. The molecule has 3 aliphatic carbocycles. The Bertz CT molecular complexity index is 227. The van der Waals surface area contributed by atoms with Crippen molar-refractivity contribution in [2.24, 2.45) is 28.6 Å². The Hall–Kier alpha value is -0.0400. The monoisotopic (exact) mass is 196 g/mol. The minimum Gasteiger partial charge on any atom is -0.396 e. The standard InChI is InChI=1S/C13H24O/c1-12(2,8-14)10-6-5-9-7-11(10)13(9,3)4/h9-11,14H,5-8H2,1-4H3. The molecule has 3 saturated carbocycles. The molecule has 0 aromatic carbocycles. The van der Waals surface area contributed by atoms with Crippen molar-refractivity contribution in [3.05, 3.63) is 0 Å².